The van der Waals surface area contributed by atoms with Crippen LogP contribution in [0, 0.1) is 0 Å². The molecule has 2 rings (SSSR count). The van der Waals surface area contributed by atoms with Crippen molar-refractivity contribution in [3.05, 3.63) is 53.6 Å². The summed E-state index contributed by atoms with van der Waals surface area (Å²) in [6.45, 7) is 0. The van der Waals surface area contributed by atoms with Crippen LogP contribution in [0.4, 0.5) is 5.69 Å². The molecule has 0 atom stereocenters. The maximum atomic E-state index is 11.3. The normalized spacial score (nSPS) is 10.3. The number of hydrogen-bond donors (Lipinski definition) is 1. The van der Waals surface area contributed by atoms with Crippen LogP contribution in [0.1, 0.15) is 11.1 Å². The van der Waals surface area contributed by atoms with Gasteiger partial charge in [0.25, 0.3) is 0 Å². The van der Waals surface area contributed by atoms with Gasteiger partial charge in [0.15, 0.2) is 0 Å². The first kappa shape index (κ1) is 16.2. The molecule has 0 unspecified atom stereocenters. The summed E-state index contributed by atoms with van der Waals surface area (Å²) in [7, 11) is 3.04. The van der Waals surface area contributed by atoms with E-state index in [0.29, 0.717) is 5.69 Å². The van der Waals surface area contributed by atoms with Crippen LogP contribution >= 0.6 is 11.8 Å². The van der Waals surface area contributed by atoms with Crippen molar-refractivity contribution in [2.45, 2.75) is 17.1 Å². The molecule has 0 radical (unpaired) electrons. The predicted molar refractivity (Wildman–Crippen MR) is 89.1 cm³/mol. The lowest BCUT2D eigenvalue weighted by Gasteiger charge is -2.09. The minimum atomic E-state index is -0.254. The van der Waals surface area contributed by atoms with Crippen LogP contribution in [-0.2, 0) is 21.7 Å². The minimum absolute atomic E-state index is 0.254. The number of anilines is 1. The Morgan fingerprint density at radius 3 is 2.41 bits per heavy atom. The van der Waals surface area contributed by atoms with Crippen LogP contribution in [0.5, 0.6) is 5.75 Å². The Morgan fingerprint density at radius 2 is 1.77 bits per heavy atom. The van der Waals surface area contributed by atoms with Crippen LogP contribution in [0.25, 0.3) is 0 Å². The quantitative estimate of drug-likeness (QED) is 0.503. The molecule has 22 heavy (non-hydrogen) atoms. The van der Waals surface area contributed by atoms with Crippen LogP contribution in [-0.4, -0.2) is 20.2 Å². The molecule has 2 aromatic carbocycles. The Bertz CT molecular complexity index is 641. The second-order valence-electron chi connectivity index (χ2n) is 4.76. The molecule has 0 fully saturated rings. The third-order valence-electron chi connectivity index (χ3n) is 3.21. The molecule has 0 spiro atoms. The molecule has 0 saturated carbocycles. The molecule has 0 aliphatic rings. The van der Waals surface area contributed by atoms with E-state index < -0.39 is 0 Å². The number of rotatable bonds is 6. The van der Waals surface area contributed by atoms with E-state index in [-0.39, 0.29) is 12.4 Å². The number of ether oxygens (including phenoxy) is 2. The van der Waals surface area contributed by atoms with Crippen molar-refractivity contribution in [3.8, 4) is 5.75 Å². The molecule has 116 valence electrons. The number of methoxy groups -OCH3 is 2. The van der Waals surface area contributed by atoms with Gasteiger partial charge in [-0.2, -0.15) is 0 Å². The van der Waals surface area contributed by atoms with E-state index in [2.05, 4.69) is 4.74 Å². The van der Waals surface area contributed by atoms with E-state index in [4.69, 9.17) is 10.5 Å². The zero-order valence-electron chi connectivity index (χ0n) is 12.7. The topological polar surface area (TPSA) is 61.5 Å². The lowest BCUT2D eigenvalue weighted by molar-refractivity contribution is -0.139. The molecule has 0 saturated heterocycles. The standard InChI is InChI=1S/C17H19NO3S/c1-20-14-6-3-12(4-7-14)11-22-16-9-13(5-8-15(16)18)10-17(19)21-2/h3-9H,10-11,18H2,1-2H3. The molecule has 0 bridgehead atoms. The zero-order chi connectivity index (χ0) is 15.9. The van der Waals surface area contributed by atoms with Gasteiger partial charge in [0.05, 0.1) is 20.6 Å². The maximum absolute atomic E-state index is 11.3. The van der Waals surface area contributed by atoms with Crippen molar-refractivity contribution in [2.24, 2.45) is 0 Å². The van der Waals surface area contributed by atoms with E-state index in [1.165, 1.54) is 12.7 Å². The number of esters is 1. The molecule has 5 heteroatoms. The number of nitrogens with two attached hydrogens (primary N) is 1. The number of carbonyl (C=O) groups is 1. The van der Waals surface area contributed by atoms with Crippen LogP contribution in [0.3, 0.4) is 0 Å². The number of benzene rings is 2. The van der Waals surface area contributed by atoms with Gasteiger partial charge >= 0.3 is 5.97 Å². The van der Waals surface area contributed by atoms with Crippen LogP contribution in [0.15, 0.2) is 47.4 Å². The van der Waals surface area contributed by atoms with Gasteiger partial charge in [0.2, 0.25) is 0 Å². The number of nitrogen functional groups attached to an aromatic ring is 1. The fraction of sp³-hybridized carbons (Fsp3) is 0.235. The number of thioether (sulfide) groups is 1. The van der Waals surface area contributed by atoms with E-state index >= 15 is 0 Å². The Morgan fingerprint density at radius 1 is 1.09 bits per heavy atom. The highest BCUT2D eigenvalue weighted by Gasteiger charge is 2.07. The van der Waals surface area contributed by atoms with Crippen molar-refractivity contribution in [1.82, 2.24) is 0 Å². The number of carbonyl (C=O) groups excluding carboxylic acids is 1. The molecule has 2 N–H and O–H groups in total. The highest BCUT2D eigenvalue weighted by molar-refractivity contribution is 7.98. The summed E-state index contributed by atoms with van der Waals surface area (Å²) >= 11 is 1.64. The fourth-order valence-electron chi connectivity index (χ4n) is 1.94. The Kier molecular flexibility index (Phi) is 5.72. The smallest absolute Gasteiger partial charge is 0.309 e. The van der Waals surface area contributed by atoms with Crippen molar-refractivity contribution in [3.63, 3.8) is 0 Å². The molecule has 0 amide bonds. The van der Waals surface area contributed by atoms with E-state index in [1.807, 2.05) is 42.5 Å². The summed E-state index contributed by atoms with van der Waals surface area (Å²) in [5, 5.41) is 0. The third-order valence-corrected chi connectivity index (χ3v) is 4.35. The summed E-state index contributed by atoms with van der Waals surface area (Å²) in [6, 6.07) is 13.6. The lowest BCUT2D eigenvalue weighted by Crippen LogP contribution is -2.04. The van der Waals surface area contributed by atoms with Gasteiger partial charge in [-0.15, -0.1) is 11.8 Å². The molecule has 4 nitrogen and oxygen atoms in total. The first-order valence-corrected chi connectivity index (χ1v) is 7.82. The maximum Gasteiger partial charge on any atom is 0.309 e. The largest absolute Gasteiger partial charge is 0.497 e. The predicted octanol–water partition coefficient (Wildman–Crippen LogP) is 3.29. The van der Waals surface area contributed by atoms with Gasteiger partial charge in [-0.05, 0) is 35.4 Å². The fourth-order valence-corrected chi connectivity index (χ4v) is 2.92. The highest BCUT2D eigenvalue weighted by atomic mass is 32.2. The second kappa shape index (κ2) is 7.75. The van der Waals surface area contributed by atoms with Gasteiger partial charge in [0, 0.05) is 16.3 Å². The van der Waals surface area contributed by atoms with Crippen LogP contribution < -0.4 is 10.5 Å². The lowest BCUT2D eigenvalue weighted by atomic mass is 10.1. The summed E-state index contributed by atoms with van der Waals surface area (Å²) < 4.78 is 9.83. The summed E-state index contributed by atoms with van der Waals surface area (Å²) in [4.78, 5) is 12.3. The van der Waals surface area contributed by atoms with E-state index in [9.17, 15) is 4.79 Å². The average Bonchev–Trinajstić information content (AvgIpc) is 2.55. The molecular formula is C17H19NO3S. The molecule has 0 heterocycles. The third kappa shape index (κ3) is 4.43. The van der Waals surface area contributed by atoms with Gasteiger partial charge in [-0.25, -0.2) is 0 Å². The molecular weight excluding hydrogens is 298 g/mol. The van der Waals surface area contributed by atoms with Gasteiger partial charge < -0.3 is 15.2 Å². The van der Waals surface area contributed by atoms with Gasteiger partial charge in [-0.1, -0.05) is 18.2 Å². The highest BCUT2D eigenvalue weighted by Crippen LogP contribution is 2.29. The zero-order valence-corrected chi connectivity index (χ0v) is 13.5. The second-order valence-corrected chi connectivity index (χ2v) is 5.78. The monoisotopic (exact) mass is 317 g/mol. The Hall–Kier alpha value is -2.14. The summed E-state index contributed by atoms with van der Waals surface area (Å²) in [5.41, 5.74) is 8.81. The van der Waals surface area contributed by atoms with Crippen molar-refractivity contribution in [1.29, 1.82) is 0 Å². The molecule has 2 aromatic rings. The molecule has 0 aliphatic heterocycles. The van der Waals surface area contributed by atoms with Crippen molar-refractivity contribution < 1.29 is 14.3 Å². The summed E-state index contributed by atoms with van der Waals surface area (Å²) in [5.74, 6) is 1.39. The van der Waals surface area contributed by atoms with Crippen molar-refractivity contribution in [2.75, 3.05) is 20.0 Å². The first-order chi connectivity index (χ1) is 10.6. The Labute approximate surface area is 134 Å². The summed E-state index contributed by atoms with van der Waals surface area (Å²) in [6.07, 6.45) is 0.257. The first-order valence-electron chi connectivity index (χ1n) is 6.83. The molecule has 0 aliphatic carbocycles. The Balaban J connectivity index is 2.04. The van der Waals surface area contributed by atoms with E-state index in [1.54, 1.807) is 18.9 Å². The average molecular weight is 317 g/mol. The number of hydrogen-bond acceptors (Lipinski definition) is 5. The van der Waals surface area contributed by atoms with E-state index in [0.717, 1.165) is 22.0 Å². The SMILES string of the molecule is COC(=O)Cc1ccc(N)c(SCc2ccc(OC)cc2)c1. The minimum Gasteiger partial charge on any atom is -0.497 e. The molecule has 0 aromatic heterocycles. The van der Waals surface area contributed by atoms with Crippen LogP contribution in [0.2, 0.25) is 0 Å². The van der Waals surface area contributed by atoms with Gasteiger partial charge in [0.1, 0.15) is 5.75 Å². The van der Waals surface area contributed by atoms with Gasteiger partial charge in [-0.3, -0.25) is 4.79 Å². The van der Waals surface area contributed by atoms with Crippen molar-refractivity contribution >= 4 is 23.4 Å².